The van der Waals surface area contributed by atoms with E-state index in [1.54, 1.807) is 6.92 Å². The molecule has 2 heterocycles. The van der Waals surface area contributed by atoms with Crippen molar-refractivity contribution >= 4 is 5.82 Å². The number of anilines is 1. The monoisotopic (exact) mass is 246 g/mol. The van der Waals surface area contributed by atoms with E-state index >= 15 is 0 Å². The molecule has 0 amide bonds. The van der Waals surface area contributed by atoms with Crippen molar-refractivity contribution in [2.75, 3.05) is 18.0 Å². The summed E-state index contributed by atoms with van der Waals surface area (Å²) in [5, 5.41) is 9.50. The zero-order valence-corrected chi connectivity index (χ0v) is 11.0. The number of hydrogen-bond donors (Lipinski definition) is 1. The lowest BCUT2D eigenvalue weighted by atomic mass is 9.78. The highest BCUT2D eigenvalue weighted by Crippen LogP contribution is 2.35. The maximum atomic E-state index is 9.50. The van der Waals surface area contributed by atoms with E-state index in [1.165, 1.54) is 25.7 Å². The Balaban J connectivity index is 1.74. The van der Waals surface area contributed by atoms with Gasteiger partial charge >= 0.3 is 0 Å². The molecule has 1 aliphatic carbocycles. The van der Waals surface area contributed by atoms with Crippen LogP contribution < -0.4 is 4.90 Å². The summed E-state index contributed by atoms with van der Waals surface area (Å²) in [7, 11) is 0. The highest BCUT2D eigenvalue weighted by molar-refractivity contribution is 5.40. The normalized spacial score (nSPS) is 29.1. The molecule has 2 bridgehead atoms. The molecule has 0 spiro atoms. The minimum atomic E-state index is -0.424. The van der Waals surface area contributed by atoms with Crippen molar-refractivity contribution in [3.8, 4) is 0 Å². The van der Waals surface area contributed by atoms with Crippen LogP contribution in [0.1, 0.15) is 44.3 Å². The van der Waals surface area contributed by atoms with Gasteiger partial charge in [-0.25, -0.2) is 4.98 Å². The Labute approximate surface area is 109 Å². The molecule has 98 valence electrons. The summed E-state index contributed by atoms with van der Waals surface area (Å²) in [4.78, 5) is 6.95. The molecular weight excluding hydrogens is 224 g/mol. The van der Waals surface area contributed by atoms with Gasteiger partial charge in [0.25, 0.3) is 0 Å². The molecule has 2 fully saturated rings. The summed E-state index contributed by atoms with van der Waals surface area (Å²) in [6.45, 7) is 4.11. The third-order valence-corrected chi connectivity index (χ3v) is 4.43. The van der Waals surface area contributed by atoms with Gasteiger partial charge in [0, 0.05) is 19.3 Å². The van der Waals surface area contributed by atoms with Crippen molar-refractivity contribution in [2.45, 2.75) is 38.7 Å². The largest absolute Gasteiger partial charge is 0.389 e. The molecule has 3 heteroatoms. The fourth-order valence-corrected chi connectivity index (χ4v) is 3.45. The number of aliphatic hydroxyl groups excluding tert-OH is 1. The van der Waals surface area contributed by atoms with Gasteiger partial charge in [-0.15, -0.1) is 0 Å². The molecule has 2 aliphatic rings. The second kappa shape index (κ2) is 4.88. The first-order chi connectivity index (χ1) is 8.72. The van der Waals surface area contributed by atoms with Crippen molar-refractivity contribution in [1.29, 1.82) is 0 Å². The van der Waals surface area contributed by atoms with Crippen LogP contribution >= 0.6 is 0 Å². The van der Waals surface area contributed by atoms with Gasteiger partial charge in [-0.3, -0.25) is 0 Å². The number of rotatable bonds is 2. The van der Waals surface area contributed by atoms with Crippen molar-refractivity contribution < 1.29 is 5.11 Å². The van der Waals surface area contributed by atoms with Crippen molar-refractivity contribution in [3.05, 3.63) is 23.9 Å². The molecule has 18 heavy (non-hydrogen) atoms. The molecule has 1 aromatic rings. The van der Waals surface area contributed by atoms with Crippen molar-refractivity contribution in [1.82, 2.24) is 4.98 Å². The van der Waals surface area contributed by atoms with Crippen LogP contribution in [0.5, 0.6) is 0 Å². The predicted molar refractivity (Wildman–Crippen MR) is 72.5 cm³/mol. The molecule has 1 saturated heterocycles. The molecule has 1 N–H and O–H groups in total. The smallest absolute Gasteiger partial charge is 0.128 e. The van der Waals surface area contributed by atoms with Gasteiger partial charge in [-0.2, -0.15) is 0 Å². The number of aliphatic hydroxyl groups is 1. The summed E-state index contributed by atoms with van der Waals surface area (Å²) >= 11 is 0. The van der Waals surface area contributed by atoms with E-state index in [2.05, 4.69) is 16.0 Å². The van der Waals surface area contributed by atoms with Crippen LogP contribution in [0.3, 0.4) is 0 Å². The lowest BCUT2D eigenvalue weighted by Gasteiger charge is -2.42. The SMILES string of the molecule is C[C@@H](O)c1ccc(N2CC3CCCC(C3)C2)nc1. The Bertz CT molecular complexity index is 389. The number of piperidine rings is 1. The molecule has 1 aromatic heterocycles. The Morgan fingerprint density at radius 1 is 1.28 bits per heavy atom. The van der Waals surface area contributed by atoms with Crippen LogP contribution in [0.25, 0.3) is 0 Å². The van der Waals surface area contributed by atoms with E-state index in [4.69, 9.17) is 0 Å². The molecule has 1 saturated carbocycles. The zero-order valence-electron chi connectivity index (χ0n) is 11.0. The number of hydrogen-bond acceptors (Lipinski definition) is 3. The van der Waals surface area contributed by atoms with Crippen molar-refractivity contribution in [2.24, 2.45) is 11.8 Å². The highest BCUT2D eigenvalue weighted by Gasteiger charge is 2.30. The number of nitrogens with zero attached hydrogens (tertiary/aromatic N) is 2. The Hall–Kier alpha value is -1.09. The average molecular weight is 246 g/mol. The van der Waals surface area contributed by atoms with E-state index in [-0.39, 0.29) is 0 Å². The first-order valence-electron chi connectivity index (χ1n) is 7.11. The summed E-state index contributed by atoms with van der Waals surface area (Å²) < 4.78 is 0. The number of aromatic nitrogens is 1. The molecule has 0 radical (unpaired) electrons. The van der Waals surface area contributed by atoms with E-state index < -0.39 is 6.10 Å². The fourth-order valence-electron chi connectivity index (χ4n) is 3.45. The third kappa shape index (κ3) is 2.37. The van der Waals surface area contributed by atoms with Crippen LogP contribution in [0.4, 0.5) is 5.82 Å². The Morgan fingerprint density at radius 3 is 2.56 bits per heavy atom. The fraction of sp³-hybridized carbons (Fsp3) is 0.667. The predicted octanol–water partition coefficient (Wildman–Crippen LogP) is 2.76. The average Bonchev–Trinajstić information content (AvgIpc) is 2.38. The summed E-state index contributed by atoms with van der Waals surface area (Å²) in [5.41, 5.74) is 0.899. The first-order valence-corrected chi connectivity index (χ1v) is 7.11. The maximum Gasteiger partial charge on any atom is 0.128 e. The Kier molecular flexibility index (Phi) is 3.25. The van der Waals surface area contributed by atoms with Gasteiger partial charge in [0.2, 0.25) is 0 Å². The van der Waals surface area contributed by atoms with Crippen LogP contribution in [0.2, 0.25) is 0 Å². The number of fused-ring (bicyclic) bond motifs is 2. The molecular formula is C15H22N2O. The van der Waals surface area contributed by atoms with E-state index in [1.807, 2.05) is 12.3 Å². The van der Waals surface area contributed by atoms with Gasteiger partial charge in [0.15, 0.2) is 0 Å². The third-order valence-electron chi connectivity index (χ3n) is 4.43. The summed E-state index contributed by atoms with van der Waals surface area (Å²) in [5.74, 6) is 2.82. The lowest BCUT2D eigenvalue weighted by molar-refractivity contribution is 0.199. The minimum absolute atomic E-state index is 0.424. The molecule has 3 rings (SSSR count). The van der Waals surface area contributed by atoms with E-state index in [0.29, 0.717) is 0 Å². The second-order valence-corrected chi connectivity index (χ2v) is 5.93. The van der Waals surface area contributed by atoms with Gasteiger partial charge in [-0.1, -0.05) is 12.5 Å². The van der Waals surface area contributed by atoms with Crippen LogP contribution in [-0.2, 0) is 0 Å². The van der Waals surface area contributed by atoms with Gasteiger partial charge < -0.3 is 10.0 Å². The molecule has 3 atom stereocenters. The number of pyridine rings is 1. The van der Waals surface area contributed by atoms with E-state index in [9.17, 15) is 5.11 Å². The topological polar surface area (TPSA) is 36.4 Å². The zero-order chi connectivity index (χ0) is 12.5. The molecule has 0 aromatic carbocycles. The highest BCUT2D eigenvalue weighted by atomic mass is 16.3. The molecule has 1 aliphatic heterocycles. The van der Waals surface area contributed by atoms with Crippen LogP contribution in [-0.4, -0.2) is 23.2 Å². The van der Waals surface area contributed by atoms with Gasteiger partial charge in [0.05, 0.1) is 6.10 Å². The summed E-state index contributed by atoms with van der Waals surface area (Å²) in [6, 6.07) is 4.06. The van der Waals surface area contributed by atoms with Crippen LogP contribution in [0.15, 0.2) is 18.3 Å². The maximum absolute atomic E-state index is 9.50. The molecule has 3 nitrogen and oxygen atoms in total. The van der Waals surface area contributed by atoms with E-state index in [0.717, 1.165) is 36.3 Å². The van der Waals surface area contributed by atoms with Crippen molar-refractivity contribution in [3.63, 3.8) is 0 Å². The standard InChI is InChI=1S/C15H22N2O/c1-11(18)14-5-6-15(16-8-14)17-9-12-3-2-4-13(7-12)10-17/h5-6,8,11-13,18H,2-4,7,9-10H2,1H3/t11-,12?,13?/m1/s1. The quantitative estimate of drug-likeness (QED) is 0.871. The first kappa shape index (κ1) is 12.0. The van der Waals surface area contributed by atoms with Crippen LogP contribution in [0, 0.1) is 11.8 Å². The Morgan fingerprint density at radius 2 is 2.00 bits per heavy atom. The minimum Gasteiger partial charge on any atom is -0.389 e. The van der Waals surface area contributed by atoms with Gasteiger partial charge in [-0.05, 0) is 49.7 Å². The lowest BCUT2D eigenvalue weighted by Crippen LogP contribution is -2.43. The molecule has 2 unspecified atom stereocenters. The second-order valence-electron chi connectivity index (χ2n) is 5.93. The summed E-state index contributed by atoms with van der Waals surface area (Å²) in [6.07, 6.45) is 6.99. The van der Waals surface area contributed by atoms with Gasteiger partial charge in [0.1, 0.15) is 5.82 Å².